The van der Waals surface area contributed by atoms with E-state index in [-0.39, 0.29) is 133 Å². The van der Waals surface area contributed by atoms with Crippen molar-refractivity contribution in [3.8, 4) is 0 Å². The molecule has 5 N–H and O–H groups in total. The maximum absolute atomic E-state index is 14.4. The first-order chi connectivity index (χ1) is 37.5. The van der Waals surface area contributed by atoms with Crippen LogP contribution in [0.25, 0.3) is 0 Å². The Hall–Kier alpha value is -1.00. The van der Waals surface area contributed by atoms with E-state index in [9.17, 15) is 20.1 Å². The Kier molecular flexibility index (Phi) is 14.9. The number of halogens is 1. The van der Waals surface area contributed by atoms with Gasteiger partial charge < -0.3 is 87.4 Å². The van der Waals surface area contributed by atoms with Crippen LogP contribution in [0.4, 0.5) is 0 Å². The van der Waals surface area contributed by atoms with Gasteiger partial charge in [0, 0.05) is 77.2 Å². The lowest BCUT2D eigenvalue weighted by atomic mass is 9.83. The lowest BCUT2D eigenvalue weighted by Crippen LogP contribution is -2.63. The van der Waals surface area contributed by atoms with Crippen molar-refractivity contribution in [1.29, 1.82) is 0 Å². The Morgan fingerprint density at radius 2 is 1.27 bits per heavy atom. The predicted octanol–water partition coefficient (Wildman–Crippen LogP) is 4.80. The zero-order chi connectivity index (χ0) is 53.6. The lowest BCUT2D eigenvalue weighted by Gasteiger charge is -2.49. The van der Waals surface area contributed by atoms with Crippen molar-refractivity contribution in [2.45, 2.75) is 310 Å². The van der Waals surface area contributed by atoms with Crippen LogP contribution in [-0.2, 0) is 71.1 Å². The third-order valence-corrected chi connectivity index (χ3v) is 22.3. The van der Waals surface area contributed by atoms with Gasteiger partial charge in [-0.05, 0) is 74.3 Å². The minimum absolute atomic E-state index is 0.0286. The molecule has 0 aromatic rings. The number of nitrogens with two attached hydrogens (primary N) is 1. The van der Waals surface area contributed by atoms with Gasteiger partial charge in [-0.1, -0.05) is 49.6 Å². The van der Waals surface area contributed by atoms with E-state index in [4.69, 9.17) is 72.0 Å². The molecule has 14 fully saturated rings. The number of hydrogen-bond donors (Lipinski definition) is 4. The summed E-state index contributed by atoms with van der Waals surface area (Å²) in [5.41, 5.74) is 7.75. The Labute approximate surface area is 471 Å². The van der Waals surface area contributed by atoms with Gasteiger partial charge in [-0.2, -0.15) is 0 Å². The molecule has 0 amide bonds. The van der Waals surface area contributed by atoms with E-state index in [1.54, 1.807) is 0 Å². The molecule has 0 aliphatic carbocycles. The van der Waals surface area contributed by atoms with Crippen LogP contribution in [0.3, 0.4) is 0 Å². The highest BCUT2D eigenvalue weighted by Crippen LogP contribution is 2.56. The Morgan fingerprint density at radius 1 is 0.577 bits per heavy atom. The molecule has 0 saturated carbocycles. The fourth-order valence-electron chi connectivity index (χ4n) is 17.0. The second-order valence-corrected chi connectivity index (χ2v) is 27.9. The maximum Gasteiger partial charge on any atom is 0.308 e. The molecule has 14 aliphatic heterocycles. The molecule has 14 rings (SSSR count). The normalized spacial score (nSPS) is 55.5. The molecule has 0 aromatic carbocycles. The summed E-state index contributed by atoms with van der Waals surface area (Å²) in [5.74, 6) is -2.71. The maximum atomic E-state index is 14.4. The van der Waals surface area contributed by atoms with Gasteiger partial charge in [0.15, 0.2) is 17.4 Å². The van der Waals surface area contributed by atoms with Crippen LogP contribution in [0.1, 0.15) is 142 Å². The highest BCUT2D eigenvalue weighted by Gasteiger charge is 2.65. The summed E-state index contributed by atoms with van der Waals surface area (Å²) >= 11 is 2.39. The van der Waals surface area contributed by atoms with E-state index in [0.29, 0.717) is 83.5 Å². The van der Waals surface area contributed by atoms with Crippen molar-refractivity contribution in [1.82, 2.24) is 0 Å². The molecular formula is C58H84INO18. The summed E-state index contributed by atoms with van der Waals surface area (Å²) in [6.45, 7) is 13.5. The third-order valence-electron chi connectivity index (χ3n) is 20.9. The van der Waals surface area contributed by atoms with Gasteiger partial charge in [0.1, 0.15) is 30.5 Å². The highest BCUT2D eigenvalue weighted by molar-refractivity contribution is 14.1. The number of aliphatic hydroxyl groups excluding tert-OH is 3. The van der Waals surface area contributed by atoms with Crippen molar-refractivity contribution in [2.24, 2.45) is 17.6 Å². The van der Waals surface area contributed by atoms with Crippen molar-refractivity contribution in [3.05, 3.63) is 24.3 Å². The fraction of sp³-hybridized carbons (Fsp3) is 0.914. The van der Waals surface area contributed by atoms with Crippen LogP contribution in [0.15, 0.2) is 24.3 Å². The topological polar surface area (TPSA) is 233 Å². The van der Waals surface area contributed by atoms with Crippen LogP contribution >= 0.6 is 22.6 Å². The molecule has 10 bridgehead atoms. The van der Waals surface area contributed by atoms with Crippen LogP contribution in [0, 0.1) is 11.8 Å². The average molecular weight is 1210 g/mol. The smallest absolute Gasteiger partial charge is 0.308 e. The molecule has 436 valence electrons. The van der Waals surface area contributed by atoms with E-state index >= 15 is 0 Å². The standard InChI is InChI=1S/C58H84INO18/c1-26-13-31-5-7-36-27(2)14-33(65-36)9-11-57-22-35(63)52(77-57)54-50(59)55(78-57)53-38(71-54)8-6-32(67-53)16-49(64)70-44-19-42-43(68-41(44)17-39(66-31)29(26)4)20-45-47(69-42)23-58(74-45)24-48-37(73-58)10-12-56(76-48)21-28(3)51-46(75-56)18-40(72-51)34(62)15-30(61)25-60/h26,28,30-48,50-55,61-63H,2,4-25,60H2,1,3H3/t26-,28+,30-,31+,32-,33+,34+,35?,36+,37+,38+,39-,40+,41+,42?,43+,44-,45-,46+,47?,48+,50-,51+,52?,53+,54-,55-,56+,57+,58-/m1/s1. The number of carbonyl (C=O) groups is 1. The van der Waals surface area contributed by atoms with E-state index in [2.05, 4.69) is 49.6 Å². The van der Waals surface area contributed by atoms with Crippen LogP contribution < -0.4 is 5.73 Å². The number of carbonyl (C=O) groups excluding carboxylic acids is 1. The SMILES string of the molecule is C=C1C[C@@H]2CC[C@]34CC(O)C(O3)[C@@H]3O[C@H]5CC[C@H](CC(=O)O[C@@H]6CC7OC8C[C@]9(C[C@@H]%10O[C@@]%11(CC[C@@H]%10O9)C[C@H](C)[C@@H]9O[C@H]([C@@H](O)C[C@@H](O)CN)C[C@@H]9O%11)O[C@@H]8C[C@@H]7O[C@H]6C[C@H]6O[C@@H](CC[C@@H]1O2)C[C@@H](C)C6=C)O[C@@H]5[C@H](O4)[C@@H]3I. The molecule has 20 heteroatoms. The Morgan fingerprint density at radius 3 is 2.12 bits per heavy atom. The molecule has 0 radical (unpaired) electrons. The second kappa shape index (κ2) is 21.2. The largest absolute Gasteiger partial charge is 0.459 e. The van der Waals surface area contributed by atoms with Crippen LogP contribution in [0.5, 0.6) is 0 Å². The molecule has 0 aromatic heterocycles. The summed E-state index contributed by atoms with van der Waals surface area (Å²) in [4.78, 5) is 14.4. The number of esters is 1. The van der Waals surface area contributed by atoms with Gasteiger partial charge >= 0.3 is 5.97 Å². The highest BCUT2D eigenvalue weighted by atomic mass is 127. The lowest BCUT2D eigenvalue weighted by molar-refractivity contribution is -0.339. The van der Waals surface area contributed by atoms with Gasteiger partial charge in [-0.25, -0.2) is 0 Å². The van der Waals surface area contributed by atoms with Gasteiger partial charge in [0.2, 0.25) is 0 Å². The zero-order valence-corrected chi connectivity index (χ0v) is 47.4. The molecule has 19 nitrogen and oxygen atoms in total. The summed E-state index contributed by atoms with van der Waals surface area (Å²) in [6, 6.07) is 0. The van der Waals surface area contributed by atoms with Crippen molar-refractivity contribution in [2.75, 3.05) is 6.54 Å². The van der Waals surface area contributed by atoms with E-state index < -0.39 is 72.3 Å². The molecule has 3 spiro atoms. The molecule has 14 heterocycles. The van der Waals surface area contributed by atoms with E-state index in [0.717, 1.165) is 43.3 Å². The number of ether oxygens (including phenoxy) is 14. The van der Waals surface area contributed by atoms with Gasteiger partial charge in [-0.15, -0.1) is 0 Å². The van der Waals surface area contributed by atoms with E-state index in [1.807, 2.05) is 0 Å². The minimum Gasteiger partial charge on any atom is -0.459 e. The summed E-state index contributed by atoms with van der Waals surface area (Å²) in [6.07, 6.45) is 2.79. The zero-order valence-electron chi connectivity index (χ0n) is 45.3. The molecule has 14 saturated heterocycles. The predicted molar refractivity (Wildman–Crippen MR) is 282 cm³/mol. The van der Waals surface area contributed by atoms with Crippen LogP contribution in [-0.4, -0.2) is 196 Å². The average Bonchev–Trinajstić information content (AvgIpc) is 4.37. The summed E-state index contributed by atoms with van der Waals surface area (Å²) < 4.78 is 95.8. The number of aliphatic hydroxyl groups is 3. The number of hydrogen-bond acceptors (Lipinski definition) is 19. The van der Waals surface area contributed by atoms with E-state index in [1.165, 1.54) is 0 Å². The van der Waals surface area contributed by atoms with Gasteiger partial charge in [-0.3, -0.25) is 4.79 Å². The third kappa shape index (κ3) is 10.2. The first-order valence-corrected chi connectivity index (χ1v) is 31.3. The quantitative estimate of drug-likeness (QED) is 0.128. The molecule has 30 atom stereocenters. The minimum atomic E-state index is -1.01. The fourth-order valence-corrected chi connectivity index (χ4v) is 18.1. The van der Waals surface area contributed by atoms with Crippen molar-refractivity contribution >= 4 is 28.6 Å². The summed E-state index contributed by atoms with van der Waals surface area (Å²) in [7, 11) is 0. The monoisotopic (exact) mass is 1210 g/mol. The van der Waals surface area contributed by atoms with Gasteiger partial charge in [0.25, 0.3) is 0 Å². The molecule has 78 heavy (non-hydrogen) atoms. The Balaban J connectivity index is 0.670. The first-order valence-electron chi connectivity index (χ1n) is 30.1. The number of alkyl halides is 1. The summed E-state index contributed by atoms with van der Waals surface area (Å²) in [5, 5.41) is 32.4. The Bertz CT molecular complexity index is 2270. The number of fused-ring (bicyclic) bond motifs is 13. The second-order valence-electron chi connectivity index (χ2n) is 26.4. The first kappa shape index (κ1) is 54.9. The molecule has 4 unspecified atom stereocenters. The van der Waals surface area contributed by atoms with Crippen LogP contribution in [0.2, 0.25) is 0 Å². The van der Waals surface area contributed by atoms with Crippen molar-refractivity contribution in [3.63, 3.8) is 0 Å². The number of rotatable bonds is 4. The molecule has 14 aliphatic rings. The van der Waals surface area contributed by atoms with Gasteiger partial charge in [0.05, 0.1) is 126 Å². The van der Waals surface area contributed by atoms with Crippen molar-refractivity contribution < 1.29 is 86.4 Å². The molecular weight excluding hydrogens is 1130 g/mol.